The number of hydrogen-bond donors (Lipinski definition) is 3. The third-order valence-corrected chi connectivity index (χ3v) is 15.8. The lowest BCUT2D eigenvalue weighted by Crippen LogP contribution is -2.60. The third kappa shape index (κ3) is 9.45. The van der Waals surface area contributed by atoms with E-state index in [1.54, 1.807) is 12.3 Å². The van der Waals surface area contributed by atoms with E-state index in [-0.39, 0.29) is 44.0 Å². The highest BCUT2D eigenvalue weighted by Gasteiger charge is 2.64. The summed E-state index contributed by atoms with van der Waals surface area (Å²) in [5.74, 6) is -6.81. The van der Waals surface area contributed by atoms with Crippen molar-refractivity contribution in [2.45, 2.75) is 126 Å². The molecule has 0 radical (unpaired) electrons. The van der Waals surface area contributed by atoms with Gasteiger partial charge in [-0.3, -0.25) is 19.1 Å². The summed E-state index contributed by atoms with van der Waals surface area (Å²) in [6, 6.07) is 4.90. The Morgan fingerprint density at radius 1 is 1.08 bits per heavy atom. The first-order chi connectivity index (χ1) is 29.7. The zero-order valence-corrected chi connectivity index (χ0v) is 37.3. The number of allylic oxidation sites excluding steroid dienone is 1. The van der Waals surface area contributed by atoms with E-state index in [9.17, 15) is 36.0 Å². The summed E-state index contributed by atoms with van der Waals surface area (Å²) < 4.78 is 87.3. The predicted octanol–water partition coefficient (Wildman–Crippen LogP) is 5.17. The predicted molar refractivity (Wildman–Crippen MR) is 227 cm³/mol. The fraction of sp³-hybridized carbons (Fsp3) is 0.659. The number of halogens is 3. The van der Waals surface area contributed by atoms with Gasteiger partial charge in [-0.15, -0.1) is 0 Å². The average Bonchev–Trinajstić information content (AvgIpc) is 4.14. The highest BCUT2D eigenvalue weighted by atomic mass is 32.2. The van der Waals surface area contributed by atoms with Crippen LogP contribution in [0.2, 0.25) is 0 Å². The molecule has 1 aromatic heterocycles. The first kappa shape index (κ1) is 46.3. The Hall–Kier alpha value is -4.65. The number of alkyl carbamates (subject to hydrolysis) is 1. The maximum Gasteiger partial charge on any atom is 0.408 e. The summed E-state index contributed by atoms with van der Waals surface area (Å²) in [5.41, 5.74) is -3.09. The zero-order valence-electron chi connectivity index (χ0n) is 36.5. The Balaban J connectivity index is 1.24. The molecule has 7 rings (SSSR count). The summed E-state index contributed by atoms with van der Waals surface area (Å²) in [6.45, 7) is 7.70. The molecule has 3 aliphatic heterocycles. The minimum absolute atomic E-state index is 0.00731. The Bertz CT molecular complexity index is 2210. The van der Waals surface area contributed by atoms with E-state index in [0.29, 0.717) is 64.3 Å². The van der Waals surface area contributed by atoms with Gasteiger partial charge in [-0.2, -0.15) is 0 Å². The lowest BCUT2D eigenvalue weighted by atomic mass is 9.85. The van der Waals surface area contributed by atoms with Crippen LogP contribution < -0.4 is 25.0 Å². The normalized spacial score (nSPS) is 29.6. The average molecular weight is 905 g/mol. The number of rotatable bonds is 11. The summed E-state index contributed by atoms with van der Waals surface area (Å²) in [7, 11) is -4.45. The summed E-state index contributed by atoms with van der Waals surface area (Å²) in [4.78, 5) is 65.5. The smallest absolute Gasteiger partial charge is 0.408 e. The summed E-state index contributed by atoms with van der Waals surface area (Å²) in [6.07, 6.45) is 5.30. The maximum absolute atomic E-state index is 15.1. The van der Waals surface area contributed by atoms with Crippen molar-refractivity contribution in [2.24, 2.45) is 17.8 Å². The lowest BCUT2D eigenvalue weighted by Gasteiger charge is -2.35. The van der Waals surface area contributed by atoms with Crippen LogP contribution in [-0.4, -0.2) is 122 Å². The monoisotopic (exact) mass is 904 g/mol. The Morgan fingerprint density at radius 2 is 1.78 bits per heavy atom. The second-order valence-electron chi connectivity index (χ2n) is 18.5. The molecule has 4 heterocycles. The van der Waals surface area contributed by atoms with Crippen molar-refractivity contribution < 1.29 is 55.0 Å². The van der Waals surface area contributed by atoms with Gasteiger partial charge in [0.2, 0.25) is 27.7 Å². The molecule has 19 heteroatoms. The number of carbonyl (C=O) groups is 4. The van der Waals surface area contributed by atoms with E-state index >= 15 is 4.79 Å². The number of benzene rings is 1. The van der Waals surface area contributed by atoms with E-state index in [1.165, 1.54) is 4.90 Å². The van der Waals surface area contributed by atoms with Gasteiger partial charge < -0.3 is 34.6 Å². The van der Waals surface area contributed by atoms with Gasteiger partial charge in [0.15, 0.2) is 5.60 Å². The Kier molecular flexibility index (Phi) is 13.0. The van der Waals surface area contributed by atoms with E-state index in [4.69, 9.17) is 19.2 Å². The molecule has 63 heavy (non-hydrogen) atoms. The molecular formula is C44H59F3N6O9S. The van der Waals surface area contributed by atoms with Crippen molar-refractivity contribution in [3.8, 4) is 5.88 Å². The maximum atomic E-state index is 15.1. The van der Waals surface area contributed by atoms with Crippen LogP contribution in [0.5, 0.6) is 5.88 Å². The molecule has 0 unspecified atom stereocenters. The van der Waals surface area contributed by atoms with Gasteiger partial charge in [0, 0.05) is 43.1 Å². The molecule has 0 spiro atoms. The van der Waals surface area contributed by atoms with Crippen LogP contribution in [0.15, 0.2) is 42.6 Å². The minimum Gasteiger partial charge on any atom is -0.472 e. The van der Waals surface area contributed by atoms with Gasteiger partial charge in [0.1, 0.15) is 35.1 Å². The molecular weight excluding hydrogens is 846 g/mol. The number of carbonyl (C=O) groups excluding carboxylic acids is 4. The molecule has 1 aromatic carbocycles. The molecule has 15 nitrogen and oxygen atoms in total. The Morgan fingerprint density at radius 3 is 2.43 bits per heavy atom. The molecule has 4 amide bonds. The Labute approximate surface area is 366 Å². The van der Waals surface area contributed by atoms with Crippen molar-refractivity contribution in [1.29, 1.82) is 0 Å². The van der Waals surface area contributed by atoms with Gasteiger partial charge in [0.05, 0.1) is 31.6 Å². The number of fused-ring (bicyclic) bond motifs is 3. The van der Waals surface area contributed by atoms with Crippen LogP contribution >= 0.6 is 0 Å². The second-order valence-corrected chi connectivity index (χ2v) is 20.6. The number of morpholine rings is 1. The van der Waals surface area contributed by atoms with Crippen molar-refractivity contribution >= 4 is 50.3 Å². The molecule has 7 atom stereocenters. The van der Waals surface area contributed by atoms with Crippen molar-refractivity contribution in [2.75, 3.05) is 44.4 Å². The van der Waals surface area contributed by atoms with E-state index in [2.05, 4.69) is 20.3 Å². The molecule has 2 aliphatic carbocycles. The number of hydrogen-bond acceptors (Lipinski definition) is 11. The van der Waals surface area contributed by atoms with E-state index in [1.807, 2.05) is 44.2 Å². The van der Waals surface area contributed by atoms with Gasteiger partial charge >= 0.3 is 6.09 Å². The number of nitrogens with zero attached hydrogens (tertiary/aromatic N) is 3. The fourth-order valence-electron chi connectivity index (χ4n) is 8.91. The highest BCUT2D eigenvalue weighted by Crippen LogP contribution is 2.48. The molecule has 2 saturated carbocycles. The van der Waals surface area contributed by atoms with E-state index < -0.39 is 92.3 Å². The number of anilines is 1. The van der Waals surface area contributed by atoms with Gasteiger partial charge in [0.25, 0.3) is 11.8 Å². The minimum atomic E-state index is -4.45. The zero-order chi connectivity index (χ0) is 45.5. The number of amides is 4. The first-order valence-corrected chi connectivity index (χ1v) is 23.4. The molecule has 0 bridgehead atoms. The van der Waals surface area contributed by atoms with Gasteiger partial charge in [-0.25, -0.2) is 31.4 Å². The van der Waals surface area contributed by atoms with Crippen LogP contribution in [0.1, 0.15) is 86.0 Å². The number of nitrogens with one attached hydrogen (secondary N) is 3. The quantitative estimate of drug-likeness (QED) is 0.253. The molecule has 346 valence electrons. The topological polar surface area (TPSA) is 186 Å². The highest BCUT2D eigenvalue weighted by molar-refractivity contribution is 7.91. The first-order valence-electron chi connectivity index (χ1n) is 21.9. The van der Waals surface area contributed by atoms with Crippen LogP contribution in [0.25, 0.3) is 10.8 Å². The number of alkyl halides is 3. The number of pyridine rings is 1. The number of ether oxygens (including phenoxy) is 3. The van der Waals surface area contributed by atoms with Crippen molar-refractivity contribution in [1.82, 2.24) is 25.2 Å². The standard InChI is InChI=1S/C44H59F3N6O9S/c1-6-28-21-27(2)11-7-8-12-29-23-44(29,39(56)51-63(58,59)43(26-45)15-16-43)50-36(54)33-22-30(25-53(33)38(55)35(28)49-40(57)62-41(3,4)42(5,46)47)61-37-32-14-10-9-13-31(32)34(24-48-37)52-17-19-60-20-18-52/h8-10,12-14,24,27-30,33,35H,6-7,11,15-23,25-26H2,1-5H3,(H,49,57)(H,50,54)(H,51,56)/b12-8-/t27-,28+,29+,30+,33-,35-,44+/m0/s1. The lowest BCUT2D eigenvalue weighted by molar-refractivity contribution is -0.152. The van der Waals surface area contributed by atoms with Gasteiger partial charge in [-0.1, -0.05) is 50.6 Å². The molecule has 4 fully saturated rings. The molecule has 2 aromatic rings. The van der Waals surface area contributed by atoms with Crippen LogP contribution in [0, 0.1) is 17.8 Å². The van der Waals surface area contributed by atoms with Crippen molar-refractivity contribution in [3.63, 3.8) is 0 Å². The van der Waals surface area contributed by atoms with Crippen LogP contribution in [0.4, 0.5) is 23.7 Å². The number of aromatic nitrogens is 1. The summed E-state index contributed by atoms with van der Waals surface area (Å²) in [5, 5.41) is 6.95. The molecule has 3 N–H and O–H groups in total. The second kappa shape index (κ2) is 17.7. The molecule has 2 saturated heterocycles. The number of sulfonamides is 1. The van der Waals surface area contributed by atoms with Gasteiger partial charge in [-0.05, 0) is 70.3 Å². The van der Waals surface area contributed by atoms with E-state index in [0.717, 1.165) is 24.9 Å². The van der Waals surface area contributed by atoms with Crippen molar-refractivity contribution in [3.05, 3.63) is 42.6 Å². The van der Waals surface area contributed by atoms with Crippen LogP contribution in [0.3, 0.4) is 0 Å². The summed E-state index contributed by atoms with van der Waals surface area (Å²) >= 11 is 0. The third-order valence-electron chi connectivity index (χ3n) is 13.7. The molecule has 5 aliphatic rings. The van der Waals surface area contributed by atoms with Crippen LogP contribution in [-0.2, 0) is 33.9 Å². The largest absolute Gasteiger partial charge is 0.472 e. The SMILES string of the molecule is CC[C@@H]1C[C@@H](C)CC/C=C\[C@@H]2C[C@@]2(C(=O)NS(=O)(=O)C2(CF)CC2)NC(=O)[C@@H]2C[C@@H](Oc3ncc(N4CCOCC4)c4ccccc34)CN2C(=O)[C@H]1NC(=O)OC(C)(C)C(C)(F)F. The fourth-order valence-corrected chi connectivity index (χ4v) is 10.3.